The normalized spacial score (nSPS) is 18.0. The van der Waals surface area contributed by atoms with Crippen molar-refractivity contribution >= 4 is 11.7 Å². The van der Waals surface area contributed by atoms with Gasteiger partial charge in [0.2, 0.25) is 0 Å². The molecule has 2 N–H and O–H groups in total. The van der Waals surface area contributed by atoms with Gasteiger partial charge in [0.15, 0.2) is 0 Å². The van der Waals surface area contributed by atoms with Gasteiger partial charge in [0.25, 0.3) is 5.91 Å². The summed E-state index contributed by atoms with van der Waals surface area (Å²) in [4.78, 5) is 18.4. The van der Waals surface area contributed by atoms with E-state index < -0.39 is 0 Å². The fourth-order valence-electron chi connectivity index (χ4n) is 2.72. The third-order valence-electron chi connectivity index (χ3n) is 3.99. The van der Waals surface area contributed by atoms with E-state index in [0.717, 1.165) is 18.7 Å². The van der Waals surface area contributed by atoms with E-state index >= 15 is 0 Å². The van der Waals surface area contributed by atoms with Crippen molar-refractivity contribution in [2.75, 3.05) is 32.1 Å². The van der Waals surface area contributed by atoms with E-state index in [-0.39, 0.29) is 12.0 Å². The Morgan fingerprint density at radius 2 is 2.39 bits per heavy atom. The van der Waals surface area contributed by atoms with Crippen LogP contribution in [0.4, 0.5) is 5.82 Å². The molecule has 7 heteroatoms. The van der Waals surface area contributed by atoms with Gasteiger partial charge in [-0.15, -0.1) is 0 Å². The second kappa shape index (κ2) is 7.23. The molecule has 1 atom stereocenters. The number of hydrogen-bond donors (Lipinski definition) is 2. The van der Waals surface area contributed by atoms with Crippen LogP contribution in [0.5, 0.6) is 0 Å². The van der Waals surface area contributed by atoms with Gasteiger partial charge < -0.3 is 15.0 Å². The SMILES string of the molecule is CNc1cc(CCC2CN(C(=O)c3ccn[nH]3)CCO2)ccn1. The van der Waals surface area contributed by atoms with Crippen LogP contribution in [0.1, 0.15) is 22.5 Å². The minimum absolute atomic E-state index is 0.0165. The van der Waals surface area contributed by atoms with Crippen molar-refractivity contribution in [1.82, 2.24) is 20.1 Å². The lowest BCUT2D eigenvalue weighted by Crippen LogP contribution is -2.45. The number of pyridine rings is 1. The standard InChI is InChI=1S/C16H21N5O2/c1-17-15-10-12(4-6-18-15)2-3-13-11-21(8-9-23-13)16(22)14-5-7-19-20-14/h4-7,10,13H,2-3,8-9,11H2,1H3,(H,17,18)(H,19,20). The summed E-state index contributed by atoms with van der Waals surface area (Å²) in [7, 11) is 1.86. The third kappa shape index (κ3) is 3.87. The minimum atomic E-state index is -0.0165. The molecule has 0 radical (unpaired) electrons. The summed E-state index contributed by atoms with van der Waals surface area (Å²) in [5.74, 6) is 0.847. The van der Waals surface area contributed by atoms with Crippen LogP contribution in [0.25, 0.3) is 0 Å². The van der Waals surface area contributed by atoms with Crippen molar-refractivity contribution in [1.29, 1.82) is 0 Å². The van der Waals surface area contributed by atoms with Gasteiger partial charge >= 0.3 is 0 Å². The molecule has 1 amide bonds. The number of carbonyl (C=O) groups excluding carboxylic acids is 1. The molecular weight excluding hydrogens is 294 g/mol. The fraction of sp³-hybridized carbons (Fsp3) is 0.438. The molecule has 0 bridgehead atoms. The number of morpholine rings is 1. The summed E-state index contributed by atoms with van der Waals surface area (Å²) in [6.45, 7) is 1.80. The molecule has 1 fully saturated rings. The Bertz CT molecular complexity index is 644. The maximum absolute atomic E-state index is 12.3. The van der Waals surface area contributed by atoms with Crippen LogP contribution in [0, 0.1) is 0 Å². The second-order valence-electron chi connectivity index (χ2n) is 5.55. The Kier molecular flexibility index (Phi) is 4.87. The summed E-state index contributed by atoms with van der Waals surface area (Å²) >= 11 is 0. The van der Waals surface area contributed by atoms with E-state index in [1.54, 1.807) is 18.5 Å². The van der Waals surface area contributed by atoms with E-state index in [4.69, 9.17) is 4.74 Å². The highest BCUT2D eigenvalue weighted by Crippen LogP contribution is 2.15. The highest BCUT2D eigenvalue weighted by atomic mass is 16.5. The zero-order chi connectivity index (χ0) is 16.1. The van der Waals surface area contributed by atoms with Crippen molar-refractivity contribution in [2.24, 2.45) is 0 Å². The maximum atomic E-state index is 12.3. The summed E-state index contributed by atoms with van der Waals surface area (Å²) in [5, 5.41) is 9.60. The number of nitrogens with zero attached hydrogens (tertiary/aromatic N) is 3. The number of aryl methyl sites for hydroxylation is 1. The highest BCUT2D eigenvalue weighted by molar-refractivity contribution is 5.92. The first-order chi connectivity index (χ1) is 11.3. The molecule has 0 spiro atoms. The van der Waals surface area contributed by atoms with Crippen LogP contribution < -0.4 is 5.32 Å². The van der Waals surface area contributed by atoms with Gasteiger partial charge in [0.05, 0.1) is 12.7 Å². The molecule has 1 aliphatic rings. The summed E-state index contributed by atoms with van der Waals surface area (Å²) in [6, 6.07) is 5.75. The van der Waals surface area contributed by atoms with Crippen LogP contribution in [0.3, 0.4) is 0 Å². The molecule has 1 aliphatic heterocycles. The van der Waals surface area contributed by atoms with Gasteiger partial charge in [-0.1, -0.05) is 0 Å². The second-order valence-corrected chi connectivity index (χ2v) is 5.55. The monoisotopic (exact) mass is 315 g/mol. The van der Waals surface area contributed by atoms with Crippen LogP contribution in [-0.2, 0) is 11.2 Å². The number of amides is 1. The first-order valence-electron chi connectivity index (χ1n) is 7.79. The Morgan fingerprint density at radius 3 is 3.17 bits per heavy atom. The zero-order valence-electron chi connectivity index (χ0n) is 13.2. The molecule has 3 rings (SSSR count). The van der Waals surface area contributed by atoms with E-state index in [1.807, 2.05) is 24.1 Å². The molecular formula is C16H21N5O2. The molecule has 2 aromatic heterocycles. The van der Waals surface area contributed by atoms with E-state index in [0.29, 0.717) is 25.4 Å². The molecule has 0 aromatic carbocycles. The number of H-pyrrole nitrogens is 1. The average Bonchev–Trinajstić information content (AvgIpc) is 3.14. The highest BCUT2D eigenvalue weighted by Gasteiger charge is 2.25. The molecule has 7 nitrogen and oxygen atoms in total. The molecule has 1 saturated heterocycles. The maximum Gasteiger partial charge on any atom is 0.272 e. The lowest BCUT2D eigenvalue weighted by Gasteiger charge is -2.32. The third-order valence-corrected chi connectivity index (χ3v) is 3.99. The number of ether oxygens (including phenoxy) is 1. The van der Waals surface area contributed by atoms with Crippen molar-refractivity contribution in [3.63, 3.8) is 0 Å². The van der Waals surface area contributed by atoms with Gasteiger partial charge in [0, 0.05) is 32.5 Å². The number of anilines is 1. The Morgan fingerprint density at radius 1 is 1.48 bits per heavy atom. The Balaban J connectivity index is 1.55. The molecule has 1 unspecified atom stereocenters. The lowest BCUT2D eigenvalue weighted by atomic mass is 10.1. The van der Waals surface area contributed by atoms with Crippen molar-refractivity contribution in [3.8, 4) is 0 Å². The molecule has 122 valence electrons. The topological polar surface area (TPSA) is 83.1 Å². The smallest absolute Gasteiger partial charge is 0.272 e. The van der Waals surface area contributed by atoms with E-state index in [2.05, 4.69) is 20.5 Å². The first kappa shape index (κ1) is 15.5. The van der Waals surface area contributed by atoms with Crippen molar-refractivity contribution < 1.29 is 9.53 Å². The summed E-state index contributed by atoms with van der Waals surface area (Å²) < 4.78 is 5.80. The molecule has 2 aromatic rings. The molecule has 0 saturated carbocycles. The molecule has 3 heterocycles. The number of aromatic nitrogens is 3. The zero-order valence-corrected chi connectivity index (χ0v) is 13.2. The van der Waals surface area contributed by atoms with Gasteiger partial charge in [0.1, 0.15) is 11.5 Å². The Hall–Kier alpha value is -2.41. The van der Waals surface area contributed by atoms with Gasteiger partial charge in [-0.05, 0) is 36.6 Å². The quantitative estimate of drug-likeness (QED) is 0.869. The van der Waals surface area contributed by atoms with Crippen LogP contribution >= 0.6 is 0 Å². The van der Waals surface area contributed by atoms with E-state index in [1.165, 1.54) is 5.56 Å². The fourth-order valence-corrected chi connectivity index (χ4v) is 2.72. The van der Waals surface area contributed by atoms with Crippen LogP contribution in [0.15, 0.2) is 30.6 Å². The van der Waals surface area contributed by atoms with Crippen molar-refractivity contribution in [3.05, 3.63) is 41.9 Å². The predicted octanol–water partition coefficient (Wildman–Crippen LogP) is 1.32. The van der Waals surface area contributed by atoms with E-state index in [9.17, 15) is 4.79 Å². The van der Waals surface area contributed by atoms with Gasteiger partial charge in [-0.3, -0.25) is 9.89 Å². The van der Waals surface area contributed by atoms with Crippen LogP contribution in [0.2, 0.25) is 0 Å². The lowest BCUT2D eigenvalue weighted by molar-refractivity contribution is -0.0247. The predicted molar refractivity (Wildman–Crippen MR) is 86.3 cm³/mol. The number of carbonyl (C=O) groups is 1. The number of hydrogen-bond acceptors (Lipinski definition) is 5. The van der Waals surface area contributed by atoms with Gasteiger partial charge in [-0.25, -0.2) is 4.98 Å². The molecule has 23 heavy (non-hydrogen) atoms. The summed E-state index contributed by atoms with van der Waals surface area (Å²) in [5.41, 5.74) is 1.74. The summed E-state index contributed by atoms with van der Waals surface area (Å²) in [6.07, 6.45) is 5.22. The Labute approximate surface area is 135 Å². The number of rotatable bonds is 5. The average molecular weight is 315 g/mol. The van der Waals surface area contributed by atoms with Crippen LogP contribution in [-0.4, -0.2) is 58.8 Å². The molecule has 0 aliphatic carbocycles. The minimum Gasteiger partial charge on any atom is -0.375 e. The largest absolute Gasteiger partial charge is 0.375 e. The van der Waals surface area contributed by atoms with Crippen molar-refractivity contribution in [2.45, 2.75) is 18.9 Å². The first-order valence-corrected chi connectivity index (χ1v) is 7.79. The number of aromatic amines is 1. The number of nitrogens with one attached hydrogen (secondary N) is 2. The van der Waals surface area contributed by atoms with Gasteiger partial charge in [-0.2, -0.15) is 5.10 Å².